The first kappa shape index (κ1) is 17.1. The van der Waals surface area contributed by atoms with Crippen LogP contribution in [0, 0.1) is 5.92 Å². The topological polar surface area (TPSA) is 85.5 Å². The van der Waals surface area contributed by atoms with E-state index in [1.807, 2.05) is 12.1 Å². The lowest BCUT2D eigenvalue weighted by atomic mass is 9.97. The summed E-state index contributed by atoms with van der Waals surface area (Å²) in [5.41, 5.74) is 6.90. The van der Waals surface area contributed by atoms with E-state index in [4.69, 9.17) is 15.2 Å². The maximum absolute atomic E-state index is 6.15. The van der Waals surface area contributed by atoms with Crippen LogP contribution in [-0.2, 0) is 0 Å². The molecule has 2 aliphatic rings. The molecule has 2 heterocycles. The summed E-state index contributed by atoms with van der Waals surface area (Å²) in [4.78, 5) is 11.7. The van der Waals surface area contributed by atoms with E-state index >= 15 is 0 Å². The van der Waals surface area contributed by atoms with Crippen LogP contribution in [0.15, 0.2) is 12.1 Å². The average Bonchev–Trinajstić information content (AvgIpc) is 3.51. The molecule has 1 saturated carbocycles. The third-order valence-corrected chi connectivity index (χ3v) is 5.49. The molecular formula is C19H27N5O2. The summed E-state index contributed by atoms with van der Waals surface area (Å²) in [6.07, 6.45) is 5.25. The Morgan fingerprint density at radius 3 is 2.42 bits per heavy atom. The third-order valence-electron chi connectivity index (χ3n) is 5.49. The zero-order valence-corrected chi connectivity index (χ0v) is 15.5. The molecule has 0 spiro atoms. The number of hydrogen-bond acceptors (Lipinski definition) is 7. The van der Waals surface area contributed by atoms with Crippen LogP contribution in [0.5, 0.6) is 11.5 Å². The van der Waals surface area contributed by atoms with Crippen LogP contribution in [0.3, 0.4) is 0 Å². The van der Waals surface area contributed by atoms with Crippen LogP contribution in [0.1, 0.15) is 25.7 Å². The van der Waals surface area contributed by atoms with Gasteiger partial charge in [0.15, 0.2) is 11.5 Å². The molecule has 140 valence electrons. The van der Waals surface area contributed by atoms with Crippen molar-refractivity contribution in [2.24, 2.45) is 5.92 Å². The minimum Gasteiger partial charge on any atom is -0.493 e. The van der Waals surface area contributed by atoms with E-state index in [2.05, 4.69) is 20.2 Å². The molecule has 3 N–H and O–H groups in total. The number of ether oxygens (including phenoxy) is 2. The Balaban J connectivity index is 1.44. The second kappa shape index (κ2) is 7.15. The molecule has 0 amide bonds. The number of benzene rings is 1. The second-order valence-corrected chi connectivity index (χ2v) is 7.25. The first-order valence-corrected chi connectivity index (χ1v) is 9.35. The van der Waals surface area contributed by atoms with Crippen molar-refractivity contribution < 1.29 is 9.47 Å². The number of likely N-dealkylation sites (tertiary alicyclic amines) is 1. The molecule has 7 nitrogen and oxygen atoms in total. The Bertz CT molecular complexity index is 785. The van der Waals surface area contributed by atoms with Gasteiger partial charge in [-0.2, -0.15) is 4.98 Å². The van der Waals surface area contributed by atoms with Crippen molar-refractivity contribution in [1.29, 1.82) is 0 Å². The number of piperidine rings is 1. The van der Waals surface area contributed by atoms with Gasteiger partial charge in [-0.3, -0.25) is 0 Å². The van der Waals surface area contributed by atoms with Crippen LogP contribution in [0.2, 0.25) is 0 Å². The minimum atomic E-state index is 0.446. The molecule has 0 bridgehead atoms. The summed E-state index contributed by atoms with van der Waals surface area (Å²) >= 11 is 0. The Morgan fingerprint density at radius 2 is 1.77 bits per heavy atom. The number of hydrogen-bond donors (Lipinski definition) is 2. The largest absolute Gasteiger partial charge is 0.493 e. The number of nitrogens with zero attached hydrogens (tertiary/aromatic N) is 3. The van der Waals surface area contributed by atoms with Crippen molar-refractivity contribution in [3.05, 3.63) is 12.1 Å². The second-order valence-electron chi connectivity index (χ2n) is 7.25. The highest BCUT2D eigenvalue weighted by Crippen LogP contribution is 2.34. The fourth-order valence-corrected chi connectivity index (χ4v) is 3.76. The number of nitrogens with two attached hydrogens (primary N) is 1. The third kappa shape index (κ3) is 3.49. The van der Waals surface area contributed by atoms with Gasteiger partial charge in [-0.05, 0) is 50.8 Å². The fraction of sp³-hybridized carbons (Fsp3) is 0.579. The SMILES string of the molecule is COc1cc2nc(NCC3CCN(C4CC4)CC3)nc(N)c2cc1OC. The summed E-state index contributed by atoms with van der Waals surface area (Å²) in [6, 6.07) is 4.53. The van der Waals surface area contributed by atoms with Gasteiger partial charge in [-0.15, -0.1) is 0 Å². The van der Waals surface area contributed by atoms with E-state index in [0.717, 1.165) is 23.5 Å². The monoisotopic (exact) mass is 357 g/mol. The molecule has 0 unspecified atom stereocenters. The molecule has 2 aromatic rings. The molecule has 1 saturated heterocycles. The van der Waals surface area contributed by atoms with E-state index in [0.29, 0.717) is 29.2 Å². The van der Waals surface area contributed by atoms with E-state index in [9.17, 15) is 0 Å². The molecule has 2 fully saturated rings. The molecule has 1 aliphatic carbocycles. The van der Waals surface area contributed by atoms with Gasteiger partial charge < -0.3 is 25.4 Å². The van der Waals surface area contributed by atoms with Gasteiger partial charge >= 0.3 is 0 Å². The first-order valence-electron chi connectivity index (χ1n) is 9.35. The van der Waals surface area contributed by atoms with Gasteiger partial charge in [0.2, 0.25) is 5.95 Å². The maximum Gasteiger partial charge on any atom is 0.225 e. The molecule has 7 heteroatoms. The molecule has 1 aromatic carbocycles. The highest BCUT2D eigenvalue weighted by Gasteiger charge is 2.31. The highest BCUT2D eigenvalue weighted by molar-refractivity contribution is 5.91. The van der Waals surface area contributed by atoms with Gasteiger partial charge in [0.1, 0.15) is 5.82 Å². The van der Waals surface area contributed by atoms with Crippen molar-refractivity contribution in [2.75, 3.05) is 44.9 Å². The van der Waals surface area contributed by atoms with E-state index in [1.54, 1.807) is 14.2 Å². The molecule has 1 aliphatic heterocycles. The smallest absolute Gasteiger partial charge is 0.225 e. The van der Waals surface area contributed by atoms with Crippen LogP contribution in [0.4, 0.5) is 11.8 Å². The summed E-state index contributed by atoms with van der Waals surface area (Å²) in [5.74, 6) is 2.94. The lowest BCUT2D eigenvalue weighted by Gasteiger charge is -2.32. The van der Waals surface area contributed by atoms with Crippen molar-refractivity contribution >= 4 is 22.7 Å². The van der Waals surface area contributed by atoms with E-state index in [1.165, 1.54) is 38.8 Å². The first-order chi connectivity index (χ1) is 12.7. The number of aromatic nitrogens is 2. The van der Waals surface area contributed by atoms with Crippen molar-refractivity contribution in [2.45, 2.75) is 31.7 Å². The van der Waals surface area contributed by atoms with Gasteiger partial charge in [0.05, 0.1) is 19.7 Å². The average molecular weight is 357 g/mol. The minimum absolute atomic E-state index is 0.446. The maximum atomic E-state index is 6.15. The number of nitrogen functional groups attached to an aromatic ring is 1. The molecular weight excluding hydrogens is 330 g/mol. The Morgan fingerprint density at radius 1 is 1.08 bits per heavy atom. The fourth-order valence-electron chi connectivity index (χ4n) is 3.76. The number of fused-ring (bicyclic) bond motifs is 1. The zero-order valence-electron chi connectivity index (χ0n) is 15.5. The van der Waals surface area contributed by atoms with Crippen molar-refractivity contribution in [3.63, 3.8) is 0 Å². The standard InChI is InChI=1S/C19H27N5O2/c1-25-16-9-14-15(10-17(16)26-2)22-19(23-18(14)20)21-11-12-5-7-24(8-6-12)13-3-4-13/h9-10,12-13H,3-8,11H2,1-2H3,(H3,20,21,22,23). The quantitative estimate of drug-likeness (QED) is 0.821. The summed E-state index contributed by atoms with van der Waals surface area (Å²) in [6.45, 7) is 3.32. The van der Waals surface area contributed by atoms with E-state index < -0.39 is 0 Å². The van der Waals surface area contributed by atoms with Crippen LogP contribution in [0.25, 0.3) is 10.9 Å². The van der Waals surface area contributed by atoms with Crippen LogP contribution >= 0.6 is 0 Å². The van der Waals surface area contributed by atoms with E-state index in [-0.39, 0.29) is 0 Å². The van der Waals surface area contributed by atoms with Gasteiger partial charge in [-0.1, -0.05) is 0 Å². The van der Waals surface area contributed by atoms with Gasteiger partial charge in [0.25, 0.3) is 0 Å². The van der Waals surface area contributed by atoms with Crippen LogP contribution < -0.4 is 20.5 Å². The molecule has 26 heavy (non-hydrogen) atoms. The molecule has 1 aromatic heterocycles. The highest BCUT2D eigenvalue weighted by atomic mass is 16.5. The molecule has 0 atom stereocenters. The lowest BCUT2D eigenvalue weighted by Crippen LogP contribution is -2.37. The summed E-state index contributed by atoms with van der Waals surface area (Å²) in [7, 11) is 3.21. The number of methoxy groups -OCH3 is 2. The zero-order chi connectivity index (χ0) is 18.1. The van der Waals surface area contributed by atoms with Crippen molar-refractivity contribution in [1.82, 2.24) is 14.9 Å². The van der Waals surface area contributed by atoms with Gasteiger partial charge in [-0.25, -0.2) is 4.98 Å². The Labute approximate surface area is 153 Å². The predicted molar refractivity (Wildman–Crippen MR) is 103 cm³/mol. The van der Waals surface area contributed by atoms with Gasteiger partial charge in [0, 0.05) is 24.0 Å². The Kier molecular flexibility index (Phi) is 4.72. The van der Waals surface area contributed by atoms with Crippen molar-refractivity contribution in [3.8, 4) is 11.5 Å². The Hall–Kier alpha value is -2.28. The summed E-state index contributed by atoms with van der Waals surface area (Å²) in [5, 5.41) is 4.15. The number of nitrogens with one attached hydrogen (secondary N) is 1. The number of anilines is 2. The molecule has 0 radical (unpaired) electrons. The van der Waals surface area contributed by atoms with Crippen LogP contribution in [-0.4, -0.2) is 54.8 Å². The summed E-state index contributed by atoms with van der Waals surface area (Å²) < 4.78 is 10.7. The normalized spacial score (nSPS) is 18.8. The number of rotatable bonds is 6. The predicted octanol–water partition coefficient (Wildman–Crippen LogP) is 2.52. The lowest BCUT2D eigenvalue weighted by molar-refractivity contribution is 0.181. The molecule has 4 rings (SSSR count).